The molecule has 0 unspecified atom stereocenters. The molecule has 24 heavy (non-hydrogen) atoms. The Kier molecular flexibility index (Phi) is 5.43. The number of nitrogens with zero attached hydrogens (tertiary/aromatic N) is 1. The summed E-state index contributed by atoms with van der Waals surface area (Å²) in [6.45, 7) is 2.17. The highest BCUT2D eigenvalue weighted by molar-refractivity contribution is 7.80. The summed E-state index contributed by atoms with van der Waals surface area (Å²) in [6, 6.07) is 18.0. The normalized spacial score (nSPS) is 13.8. The average molecular weight is 339 g/mol. The number of para-hydroxylation sites is 1. The summed E-state index contributed by atoms with van der Waals surface area (Å²) < 4.78 is 0. The second kappa shape index (κ2) is 7.93. The minimum absolute atomic E-state index is 0.249. The fraction of sp³-hybridized carbons (Fsp3) is 0.263. The number of carbonyl (C=O) groups is 1. The Morgan fingerprint density at radius 3 is 2.46 bits per heavy atom. The van der Waals surface area contributed by atoms with Crippen molar-refractivity contribution in [1.29, 1.82) is 0 Å². The van der Waals surface area contributed by atoms with Gasteiger partial charge in [0, 0.05) is 31.7 Å². The van der Waals surface area contributed by atoms with Gasteiger partial charge >= 0.3 is 0 Å². The van der Waals surface area contributed by atoms with Gasteiger partial charge in [-0.3, -0.25) is 4.79 Å². The Hall–Kier alpha value is -2.40. The highest BCUT2D eigenvalue weighted by Gasteiger charge is 2.20. The molecule has 1 amide bonds. The predicted molar refractivity (Wildman–Crippen MR) is 101 cm³/mol. The number of benzene rings is 2. The van der Waals surface area contributed by atoms with E-state index in [1.165, 1.54) is 5.56 Å². The predicted octanol–water partition coefficient (Wildman–Crippen LogP) is 3.30. The molecule has 0 atom stereocenters. The summed E-state index contributed by atoms with van der Waals surface area (Å²) in [7, 11) is 0. The molecule has 1 aliphatic heterocycles. The van der Waals surface area contributed by atoms with Gasteiger partial charge in [-0.2, -0.15) is 0 Å². The molecule has 5 heteroatoms. The first kappa shape index (κ1) is 16.5. The summed E-state index contributed by atoms with van der Waals surface area (Å²) >= 11 is 5.35. The van der Waals surface area contributed by atoms with Gasteiger partial charge < -0.3 is 15.5 Å². The summed E-state index contributed by atoms with van der Waals surface area (Å²) in [4.78, 5) is 13.8. The van der Waals surface area contributed by atoms with Crippen molar-refractivity contribution in [2.45, 2.75) is 25.9 Å². The maximum absolute atomic E-state index is 11.8. The molecule has 1 saturated heterocycles. The first-order valence-electron chi connectivity index (χ1n) is 8.17. The summed E-state index contributed by atoms with van der Waals surface area (Å²) in [5, 5.41) is 7.00. The number of likely N-dealkylation sites (tertiary alicyclic amines) is 1. The van der Waals surface area contributed by atoms with Gasteiger partial charge in [-0.25, -0.2) is 0 Å². The summed E-state index contributed by atoms with van der Waals surface area (Å²) in [5.74, 6) is 0.249. The fourth-order valence-electron chi connectivity index (χ4n) is 2.83. The molecular formula is C19H21N3OS. The van der Waals surface area contributed by atoms with E-state index in [4.69, 9.17) is 12.2 Å². The lowest BCUT2D eigenvalue weighted by atomic mass is 10.1. The number of carbonyl (C=O) groups excluding carboxylic acids is 1. The molecule has 1 aliphatic rings. The molecule has 3 rings (SSSR count). The Labute approximate surface area is 147 Å². The van der Waals surface area contributed by atoms with Gasteiger partial charge in [0.05, 0.1) is 0 Å². The average Bonchev–Trinajstić information content (AvgIpc) is 3.00. The molecule has 0 saturated carbocycles. The van der Waals surface area contributed by atoms with Gasteiger partial charge in [0.15, 0.2) is 5.11 Å². The van der Waals surface area contributed by atoms with Crippen molar-refractivity contribution in [3.8, 4) is 0 Å². The van der Waals surface area contributed by atoms with Crippen LogP contribution in [-0.4, -0.2) is 22.5 Å². The number of thiocarbonyl (C=S) groups is 1. The third-order valence-electron chi connectivity index (χ3n) is 4.12. The van der Waals surface area contributed by atoms with Crippen molar-refractivity contribution in [3.63, 3.8) is 0 Å². The number of amides is 1. The molecule has 0 aliphatic carbocycles. The Morgan fingerprint density at radius 1 is 1.04 bits per heavy atom. The van der Waals surface area contributed by atoms with E-state index in [0.29, 0.717) is 24.6 Å². The molecule has 0 bridgehead atoms. The van der Waals surface area contributed by atoms with Crippen molar-refractivity contribution in [3.05, 3.63) is 65.7 Å². The number of anilines is 1. The first-order valence-corrected chi connectivity index (χ1v) is 8.57. The van der Waals surface area contributed by atoms with Gasteiger partial charge in [0.1, 0.15) is 0 Å². The van der Waals surface area contributed by atoms with E-state index in [0.717, 1.165) is 24.2 Å². The van der Waals surface area contributed by atoms with Crippen LogP contribution in [-0.2, 0) is 17.9 Å². The van der Waals surface area contributed by atoms with E-state index in [9.17, 15) is 4.79 Å². The number of hydrogen-bond acceptors (Lipinski definition) is 2. The van der Waals surface area contributed by atoms with Gasteiger partial charge in [-0.15, -0.1) is 0 Å². The van der Waals surface area contributed by atoms with E-state index in [1.54, 1.807) is 0 Å². The van der Waals surface area contributed by atoms with E-state index < -0.39 is 0 Å². The lowest BCUT2D eigenvalue weighted by Crippen LogP contribution is -2.29. The van der Waals surface area contributed by atoms with E-state index in [1.807, 2.05) is 47.4 Å². The van der Waals surface area contributed by atoms with Crippen LogP contribution < -0.4 is 10.6 Å². The Balaban J connectivity index is 1.58. The molecule has 1 heterocycles. The number of rotatable bonds is 5. The molecule has 0 aromatic heterocycles. The van der Waals surface area contributed by atoms with Gasteiger partial charge in [-0.05, 0) is 41.9 Å². The quantitative estimate of drug-likeness (QED) is 0.821. The van der Waals surface area contributed by atoms with Crippen LogP contribution in [0.4, 0.5) is 5.69 Å². The van der Waals surface area contributed by atoms with Gasteiger partial charge in [0.2, 0.25) is 5.91 Å². The highest BCUT2D eigenvalue weighted by atomic mass is 32.1. The van der Waals surface area contributed by atoms with Crippen molar-refractivity contribution >= 4 is 28.9 Å². The molecule has 2 N–H and O–H groups in total. The number of hydrogen-bond donors (Lipinski definition) is 2. The maximum Gasteiger partial charge on any atom is 0.222 e. The highest BCUT2D eigenvalue weighted by Crippen LogP contribution is 2.17. The molecule has 0 spiro atoms. The molecular weight excluding hydrogens is 318 g/mol. The van der Waals surface area contributed by atoms with Gasteiger partial charge in [-0.1, -0.05) is 42.5 Å². The van der Waals surface area contributed by atoms with Crippen LogP contribution in [0, 0.1) is 0 Å². The monoisotopic (exact) mass is 339 g/mol. The van der Waals surface area contributed by atoms with Crippen LogP contribution in [0.2, 0.25) is 0 Å². The smallest absolute Gasteiger partial charge is 0.222 e. The van der Waals surface area contributed by atoms with Crippen LogP contribution >= 0.6 is 12.2 Å². The molecule has 4 nitrogen and oxygen atoms in total. The van der Waals surface area contributed by atoms with Crippen LogP contribution in [0.25, 0.3) is 0 Å². The second-order valence-corrected chi connectivity index (χ2v) is 6.27. The lowest BCUT2D eigenvalue weighted by molar-refractivity contribution is -0.128. The van der Waals surface area contributed by atoms with Crippen molar-refractivity contribution in [1.82, 2.24) is 10.2 Å². The first-order chi connectivity index (χ1) is 11.7. The Morgan fingerprint density at radius 2 is 1.75 bits per heavy atom. The zero-order valence-corrected chi connectivity index (χ0v) is 14.3. The third-order valence-corrected chi connectivity index (χ3v) is 4.37. The summed E-state index contributed by atoms with van der Waals surface area (Å²) in [5.41, 5.74) is 3.29. The number of nitrogens with one attached hydrogen (secondary N) is 2. The second-order valence-electron chi connectivity index (χ2n) is 5.86. The third kappa shape index (κ3) is 4.32. The van der Waals surface area contributed by atoms with Crippen LogP contribution in [0.1, 0.15) is 24.0 Å². The fourth-order valence-corrected chi connectivity index (χ4v) is 3.02. The van der Waals surface area contributed by atoms with E-state index >= 15 is 0 Å². The van der Waals surface area contributed by atoms with Crippen molar-refractivity contribution < 1.29 is 4.79 Å². The molecule has 0 radical (unpaired) electrons. The lowest BCUT2D eigenvalue weighted by Gasteiger charge is -2.19. The van der Waals surface area contributed by atoms with Gasteiger partial charge in [0.25, 0.3) is 0 Å². The Bertz CT molecular complexity index is 718. The van der Waals surface area contributed by atoms with Crippen LogP contribution in [0.5, 0.6) is 0 Å². The molecule has 1 fully saturated rings. The summed E-state index contributed by atoms with van der Waals surface area (Å²) in [6.07, 6.45) is 1.63. The minimum atomic E-state index is 0.249. The standard InChI is InChI=1S/C19H21N3OS/c23-18-11-6-12-22(18)14-16-8-5-4-7-15(16)13-20-19(24)21-17-9-2-1-3-10-17/h1-5,7-10H,6,11-14H2,(H2,20,21,24). The molecule has 124 valence electrons. The van der Waals surface area contributed by atoms with Crippen LogP contribution in [0.3, 0.4) is 0 Å². The zero-order chi connectivity index (χ0) is 16.8. The molecule has 2 aromatic carbocycles. The largest absolute Gasteiger partial charge is 0.358 e. The zero-order valence-electron chi connectivity index (χ0n) is 13.5. The minimum Gasteiger partial charge on any atom is -0.358 e. The van der Waals surface area contributed by atoms with Crippen LogP contribution in [0.15, 0.2) is 54.6 Å². The molecule has 2 aromatic rings. The topological polar surface area (TPSA) is 44.4 Å². The SMILES string of the molecule is O=C1CCCN1Cc1ccccc1CNC(=S)Nc1ccccc1. The van der Waals surface area contributed by atoms with E-state index in [2.05, 4.69) is 22.8 Å². The van der Waals surface area contributed by atoms with Crippen molar-refractivity contribution in [2.75, 3.05) is 11.9 Å². The maximum atomic E-state index is 11.8. The van der Waals surface area contributed by atoms with Crippen molar-refractivity contribution in [2.24, 2.45) is 0 Å². The van der Waals surface area contributed by atoms with E-state index in [-0.39, 0.29) is 5.91 Å².